The maximum absolute atomic E-state index is 4.48. The molecule has 2 heterocycles. The van der Waals surface area contributed by atoms with Gasteiger partial charge in [0.25, 0.3) is 0 Å². The molecule has 1 aromatic carbocycles. The Bertz CT molecular complexity index is 746. The first-order valence-corrected chi connectivity index (χ1v) is 6.72. The van der Waals surface area contributed by atoms with Crippen LogP contribution in [0.1, 0.15) is 22.6 Å². The Labute approximate surface area is 143 Å². The summed E-state index contributed by atoms with van der Waals surface area (Å²) in [6.45, 7) is 7.01. The first-order valence-electron chi connectivity index (χ1n) is 6.72. The van der Waals surface area contributed by atoms with Crippen molar-refractivity contribution in [2.24, 2.45) is 0 Å². The molecule has 0 atom stereocenters. The van der Waals surface area contributed by atoms with Gasteiger partial charge in [0.15, 0.2) is 0 Å². The van der Waals surface area contributed by atoms with Crippen molar-refractivity contribution in [2.45, 2.75) is 27.3 Å². The van der Waals surface area contributed by atoms with Crippen LogP contribution < -0.4 is 0 Å². The Kier molecular flexibility index (Phi) is 6.21. The third-order valence-electron chi connectivity index (χ3n) is 3.68. The molecule has 3 aromatic rings. The Morgan fingerprint density at radius 2 is 1.77 bits per heavy atom. The van der Waals surface area contributed by atoms with Crippen LogP contribution in [-0.4, -0.2) is 19.1 Å². The molecular weight excluding hydrogens is 319 g/mol. The van der Waals surface area contributed by atoms with Gasteiger partial charge in [0, 0.05) is 24.3 Å². The van der Waals surface area contributed by atoms with Gasteiger partial charge in [-0.2, -0.15) is 0 Å². The van der Waals surface area contributed by atoms with Crippen LogP contribution in [-0.2, 0) is 6.54 Å². The molecule has 0 N–H and O–H groups in total. The summed E-state index contributed by atoms with van der Waals surface area (Å²) in [5.74, 6) is 1.01. The predicted molar refractivity (Wildman–Crippen MR) is 93.6 cm³/mol. The lowest BCUT2D eigenvalue weighted by molar-refractivity contribution is 0.746. The van der Waals surface area contributed by atoms with Crippen molar-refractivity contribution in [3.63, 3.8) is 0 Å². The molecule has 0 aliphatic carbocycles. The van der Waals surface area contributed by atoms with E-state index in [0.717, 1.165) is 23.8 Å². The van der Waals surface area contributed by atoms with Crippen LogP contribution >= 0.6 is 24.8 Å². The average Bonchev–Trinajstić information content (AvgIpc) is 3.04. The van der Waals surface area contributed by atoms with Crippen LogP contribution in [0.15, 0.2) is 43.1 Å². The van der Waals surface area contributed by atoms with Gasteiger partial charge in [0.2, 0.25) is 0 Å². The number of hydrogen-bond donors (Lipinski definition) is 0. The SMILES string of the molecule is Cc1ccc(-n2cnc(Cn3ccnc3C)c2)cc1C.Cl.Cl. The minimum atomic E-state index is 0. The molecule has 3 rings (SSSR count). The van der Waals surface area contributed by atoms with Gasteiger partial charge in [-0.25, -0.2) is 9.97 Å². The molecule has 0 aliphatic heterocycles. The fourth-order valence-corrected chi connectivity index (χ4v) is 2.22. The standard InChI is InChI=1S/C16H18N4.2ClH/c1-12-4-5-16(8-13(12)2)20-10-15(18-11-20)9-19-7-6-17-14(19)3;;/h4-8,10-11H,9H2,1-3H3;2*1H. The molecule has 0 spiro atoms. The van der Waals surface area contributed by atoms with Crippen LogP contribution in [0, 0.1) is 20.8 Å². The Hall–Kier alpha value is -1.78. The maximum atomic E-state index is 4.48. The van der Waals surface area contributed by atoms with Crippen LogP contribution in [0.5, 0.6) is 0 Å². The van der Waals surface area contributed by atoms with E-state index in [1.54, 1.807) is 0 Å². The lowest BCUT2D eigenvalue weighted by Crippen LogP contribution is -2.00. The molecule has 4 nitrogen and oxygen atoms in total. The molecule has 0 saturated heterocycles. The van der Waals surface area contributed by atoms with E-state index < -0.39 is 0 Å². The largest absolute Gasteiger partial charge is 0.329 e. The molecule has 22 heavy (non-hydrogen) atoms. The normalized spacial score (nSPS) is 9.95. The zero-order valence-corrected chi connectivity index (χ0v) is 14.5. The van der Waals surface area contributed by atoms with Gasteiger partial charge < -0.3 is 9.13 Å². The summed E-state index contributed by atoms with van der Waals surface area (Å²) in [5.41, 5.74) is 4.78. The van der Waals surface area contributed by atoms with Crippen molar-refractivity contribution in [3.05, 3.63) is 65.8 Å². The number of hydrogen-bond acceptors (Lipinski definition) is 2. The molecule has 0 fully saturated rings. The average molecular weight is 339 g/mol. The van der Waals surface area contributed by atoms with Gasteiger partial charge in [-0.1, -0.05) is 6.07 Å². The molecule has 2 aromatic heterocycles. The summed E-state index contributed by atoms with van der Waals surface area (Å²) < 4.78 is 4.15. The Morgan fingerprint density at radius 1 is 1.00 bits per heavy atom. The van der Waals surface area contributed by atoms with Crippen molar-refractivity contribution in [3.8, 4) is 5.69 Å². The molecular formula is C16H20Cl2N4. The van der Waals surface area contributed by atoms with Gasteiger partial charge in [-0.3, -0.25) is 0 Å². The molecule has 0 saturated carbocycles. The topological polar surface area (TPSA) is 35.6 Å². The lowest BCUT2D eigenvalue weighted by Gasteiger charge is -2.05. The second-order valence-corrected chi connectivity index (χ2v) is 5.14. The minimum Gasteiger partial charge on any atom is -0.329 e. The van der Waals surface area contributed by atoms with Gasteiger partial charge in [0.1, 0.15) is 5.82 Å². The highest BCUT2D eigenvalue weighted by Gasteiger charge is 2.04. The highest BCUT2D eigenvalue weighted by atomic mass is 35.5. The lowest BCUT2D eigenvalue weighted by atomic mass is 10.1. The van der Waals surface area contributed by atoms with Crippen LogP contribution in [0.2, 0.25) is 0 Å². The van der Waals surface area contributed by atoms with Crippen molar-refractivity contribution in [1.82, 2.24) is 19.1 Å². The van der Waals surface area contributed by atoms with Crippen molar-refractivity contribution in [1.29, 1.82) is 0 Å². The number of benzene rings is 1. The van der Waals surface area contributed by atoms with E-state index in [1.807, 2.05) is 25.6 Å². The number of rotatable bonds is 3. The monoisotopic (exact) mass is 338 g/mol. The summed E-state index contributed by atoms with van der Waals surface area (Å²) in [6, 6.07) is 6.45. The highest BCUT2D eigenvalue weighted by Crippen LogP contribution is 2.15. The second kappa shape index (κ2) is 7.47. The van der Waals surface area contributed by atoms with Gasteiger partial charge in [-0.15, -0.1) is 24.8 Å². The fraction of sp³-hybridized carbons (Fsp3) is 0.250. The molecule has 6 heteroatoms. The summed E-state index contributed by atoms with van der Waals surface area (Å²) in [6.07, 6.45) is 7.73. The zero-order valence-electron chi connectivity index (χ0n) is 12.9. The van der Waals surface area contributed by atoms with Crippen LogP contribution in [0.3, 0.4) is 0 Å². The highest BCUT2D eigenvalue weighted by molar-refractivity contribution is 5.85. The Balaban J connectivity index is 0.00000121. The quantitative estimate of drug-likeness (QED) is 0.726. The number of nitrogens with zero attached hydrogens (tertiary/aromatic N) is 4. The number of imidazole rings is 2. The van der Waals surface area contributed by atoms with Gasteiger partial charge >= 0.3 is 0 Å². The maximum Gasteiger partial charge on any atom is 0.105 e. The van der Waals surface area contributed by atoms with E-state index >= 15 is 0 Å². The number of aromatic nitrogens is 4. The summed E-state index contributed by atoms with van der Waals surface area (Å²) in [5, 5.41) is 0. The Morgan fingerprint density at radius 3 is 2.41 bits per heavy atom. The first-order chi connectivity index (χ1) is 9.63. The third kappa shape index (κ3) is 3.70. The van der Waals surface area contributed by atoms with E-state index in [2.05, 4.69) is 57.3 Å². The molecule has 118 valence electrons. The molecule has 0 bridgehead atoms. The van der Waals surface area contributed by atoms with E-state index in [-0.39, 0.29) is 24.8 Å². The van der Waals surface area contributed by atoms with E-state index in [0.29, 0.717) is 0 Å². The minimum absolute atomic E-state index is 0. The predicted octanol–water partition coefficient (Wildman–Crippen LogP) is 3.89. The van der Waals surface area contributed by atoms with E-state index in [1.165, 1.54) is 11.1 Å². The first kappa shape index (κ1) is 18.3. The van der Waals surface area contributed by atoms with Crippen molar-refractivity contribution < 1.29 is 0 Å². The molecule has 0 aliphatic rings. The fourth-order valence-electron chi connectivity index (χ4n) is 2.22. The molecule has 0 amide bonds. The number of aryl methyl sites for hydroxylation is 3. The smallest absolute Gasteiger partial charge is 0.105 e. The summed E-state index contributed by atoms with van der Waals surface area (Å²) in [4.78, 5) is 8.70. The molecule has 0 radical (unpaired) electrons. The van der Waals surface area contributed by atoms with Gasteiger partial charge in [0.05, 0.1) is 18.6 Å². The van der Waals surface area contributed by atoms with E-state index in [4.69, 9.17) is 0 Å². The summed E-state index contributed by atoms with van der Waals surface area (Å²) >= 11 is 0. The van der Waals surface area contributed by atoms with Crippen LogP contribution in [0.4, 0.5) is 0 Å². The van der Waals surface area contributed by atoms with Gasteiger partial charge in [-0.05, 0) is 44.0 Å². The second-order valence-electron chi connectivity index (χ2n) is 5.14. The third-order valence-corrected chi connectivity index (χ3v) is 3.68. The number of halogens is 2. The van der Waals surface area contributed by atoms with Crippen molar-refractivity contribution >= 4 is 24.8 Å². The molecule has 0 unspecified atom stereocenters. The van der Waals surface area contributed by atoms with Crippen LogP contribution in [0.25, 0.3) is 5.69 Å². The zero-order chi connectivity index (χ0) is 14.1. The summed E-state index contributed by atoms with van der Waals surface area (Å²) in [7, 11) is 0. The van der Waals surface area contributed by atoms with E-state index in [9.17, 15) is 0 Å². The van der Waals surface area contributed by atoms with Crippen molar-refractivity contribution in [2.75, 3.05) is 0 Å².